The van der Waals surface area contributed by atoms with Crippen molar-refractivity contribution in [1.29, 1.82) is 0 Å². The number of likely N-dealkylation sites (tertiary alicyclic amines) is 1. The second kappa shape index (κ2) is 4.62. The van der Waals surface area contributed by atoms with E-state index in [9.17, 15) is 9.59 Å². The summed E-state index contributed by atoms with van der Waals surface area (Å²) in [5.74, 6) is 0.671. The number of hydrogen-bond acceptors (Lipinski definition) is 3. The molecule has 1 heterocycles. The van der Waals surface area contributed by atoms with Crippen LogP contribution in [-0.2, 0) is 9.53 Å². The van der Waals surface area contributed by atoms with E-state index >= 15 is 0 Å². The number of carbonyl (C=O) groups is 2. The number of fused-ring (bicyclic) bond motifs is 1. The van der Waals surface area contributed by atoms with Gasteiger partial charge in [0.15, 0.2) is 5.78 Å². The van der Waals surface area contributed by atoms with Crippen LogP contribution in [0.4, 0.5) is 4.79 Å². The molecule has 16 heavy (non-hydrogen) atoms. The minimum atomic E-state index is -0.405. The molecule has 2 rings (SSSR count). The molecule has 5 heteroatoms. The number of hydrogen-bond donors (Lipinski definition) is 0. The predicted molar refractivity (Wildman–Crippen MR) is 59.5 cm³/mol. The zero-order valence-electron chi connectivity index (χ0n) is 9.32. The molecule has 0 bridgehead atoms. The van der Waals surface area contributed by atoms with Gasteiger partial charge in [-0.25, -0.2) is 4.79 Å². The van der Waals surface area contributed by atoms with Gasteiger partial charge in [0.2, 0.25) is 0 Å². The van der Waals surface area contributed by atoms with E-state index in [-0.39, 0.29) is 17.7 Å². The van der Waals surface area contributed by atoms with Gasteiger partial charge in [-0.3, -0.25) is 9.69 Å². The van der Waals surface area contributed by atoms with Crippen LogP contribution in [0.5, 0.6) is 0 Å². The van der Waals surface area contributed by atoms with E-state index in [1.807, 2.05) is 0 Å². The lowest BCUT2D eigenvalue weighted by molar-refractivity contribution is -0.121. The van der Waals surface area contributed by atoms with Gasteiger partial charge in [0.1, 0.15) is 0 Å². The topological polar surface area (TPSA) is 46.6 Å². The predicted octanol–water partition coefficient (Wildman–Crippen LogP) is 1.66. The highest BCUT2D eigenvalue weighted by Crippen LogP contribution is 2.42. The van der Waals surface area contributed by atoms with Gasteiger partial charge in [-0.2, -0.15) is 0 Å². The van der Waals surface area contributed by atoms with Gasteiger partial charge in [-0.1, -0.05) is 6.42 Å². The van der Waals surface area contributed by atoms with Crippen molar-refractivity contribution in [2.75, 3.05) is 19.5 Å². The molecule has 1 amide bonds. The number of nitrogens with zero attached hydrogens (tertiary/aromatic N) is 1. The van der Waals surface area contributed by atoms with Gasteiger partial charge in [0.05, 0.1) is 19.0 Å². The fraction of sp³-hybridized carbons (Fsp3) is 0.818. The van der Waals surface area contributed by atoms with Crippen LogP contribution in [0, 0.1) is 11.8 Å². The lowest BCUT2D eigenvalue weighted by Gasteiger charge is -2.24. The Balaban J connectivity index is 2.19. The number of amides is 1. The highest BCUT2D eigenvalue weighted by Gasteiger charge is 2.49. The molecule has 90 valence electrons. The number of methoxy groups -OCH3 is 1. The molecular formula is C11H16ClNO3. The van der Waals surface area contributed by atoms with Gasteiger partial charge >= 0.3 is 6.09 Å². The largest absolute Gasteiger partial charge is 0.453 e. The number of rotatable bonds is 2. The van der Waals surface area contributed by atoms with Crippen LogP contribution in [0.1, 0.15) is 19.3 Å². The van der Waals surface area contributed by atoms with Crippen molar-refractivity contribution in [2.45, 2.75) is 25.3 Å². The van der Waals surface area contributed by atoms with Gasteiger partial charge in [0.25, 0.3) is 0 Å². The summed E-state index contributed by atoms with van der Waals surface area (Å²) in [4.78, 5) is 24.9. The third-order valence-electron chi connectivity index (χ3n) is 3.76. The Morgan fingerprint density at radius 1 is 1.44 bits per heavy atom. The Bertz CT molecular complexity index is 308. The number of alkyl halides is 1. The third-order valence-corrected chi connectivity index (χ3v) is 4.02. The van der Waals surface area contributed by atoms with Gasteiger partial charge < -0.3 is 4.74 Å². The first kappa shape index (κ1) is 11.7. The maximum Gasteiger partial charge on any atom is 0.410 e. The Labute approximate surface area is 99.9 Å². The van der Waals surface area contributed by atoms with Crippen molar-refractivity contribution >= 4 is 23.5 Å². The molecule has 0 aromatic heterocycles. The van der Waals surface area contributed by atoms with E-state index in [1.165, 1.54) is 7.11 Å². The van der Waals surface area contributed by atoms with Crippen LogP contribution < -0.4 is 0 Å². The summed E-state index contributed by atoms with van der Waals surface area (Å²) in [5.41, 5.74) is 0. The molecule has 1 saturated carbocycles. The van der Waals surface area contributed by atoms with Crippen LogP contribution in [0.3, 0.4) is 0 Å². The maximum atomic E-state index is 11.8. The third kappa shape index (κ3) is 1.79. The summed E-state index contributed by atoms with van der Waals surface area (Å²) >= 11 is 5.61. The molecule has 0 spiro atoms. The van der Waals surface area contributed by atoms with Crippen LogP contribution in [0.2, 0.25) is 0 Å². The van der Waals surface area contributed by atoms with Crippen LogP contribution in [-0.4, -0.2) is 42.4 Å². The molecule has 1 aliphatic heterocycles. The van der Waals surface area contributed by atoms with E-state index in [1.54, 1.807) is 4.90 Å². The van der Waals surface area contributed by atoms with Gasteiger partial charge in [0, 0.05) is 6.54 Å². The molecule has 0 radical (unpaired) electrons. The van der Waals surface area contributed by atoms with E-state index < -0.39 is 6.09 Å². The lowest BCUT2D eigenvalue weighted by atomic mass is 9.92. The zero-order valence-corrected chi connectivity index (χ0v) is 10.1. The highest BCUT2D eigenvalue weighted by molar-refractivity contribution is 6.28. The summed E-state index contributed by atoms with van der Waals surface area (Å²) in [6, 6.07) is -0.350. The number of halogens is 1. The molecule has 0 N–H and O–H groups in total. The molecule has 1 saturated heterocycles. The monoisotopic (exact) mass is 245 g/mol. The van der Waals surface area contributed by atoms with Crippen molar-refractivity contribution in [2.24, 2.45) is 11.8 Å². The van der Waals surface area contributed by atoms with Crippen molar-refractivity contribution in [3.05, 3.63) is 0 Å². The maximum absolute atomic E-state index is 11.8. The summed E-state index contributed by atoms with van der Waals surface area (Å²) in [6.45, 7) is 0.643. The average molecular weight is 246 g/mol. The van der Waals surface area contributed by atoms with E-state index in [0.29, 0.717) is 18.4 Å². The molecule has 0 aromatic carbocycles. The molecular weight excluding hydrogens is 230 g/mol. The molecule has 2 aliphatic rings. The summed E-state index contributed by atoms with van der Waals surface area (Å²) in [5, 5.41) is 0. The number of ether oxygens (including phenoxy) is 1. The van der Waals surface area contributed by atoms with Crippen LogP contribution >= 0.6 is 11.6 Å². The number of ketones is 1. The first-order valence-corrected chi connectivity index (χ1v) is 6.15. The summed E-state index contributed by atoms with van der Waals surface area (Å²) in [6.07, 6.45) is 2.87. The standard InChI is InChI=1S/C11H16ClNO3/c1-16-11(15)13-6-7-3-2-4-8(7)10(13)9(14)5-12/h7-8,10H,2-6H2,1H3. The Morgan fingerprint density at radius 2 is 2.19 bits per heavy atom. The molecule has 4 nitrogen and oxygen atoms in total. The Morgan fingerprint density at radius 3 is 2.81 bits per heavy atom. The average Bonchev–Trinajstić information content (AvgIpc) is 2.86. The van der Waals surface area contributed by atoms with Crippen molar-refractivity contribution in [3.8, 4) is 0 Å². The summed E-state index contributed by atoms with van der Waals surface area (Å²) < 4.78 is 4.72. The summed E-state index contributed by atoms with van der Waals surface area (Å²) in [7, 11) is 1.35. The zero-order chi connectivity index (χ0) is 11.7. The highest BCUT2D eigenvalue weighted by atomic mass is 35.5. The first-order valence-electron chi connectivity index (χ1n) is 5.62. The minimum Gasteiger partial charge on any atom is -0.453 e. The van der Waals surface area contributed by atoms with E-state index in [0.717, 1.165) is 19.3 Å². The molecule has 2 fully saturated rings. The van der Waals surface area contributed by atoms with E-state index in [4.69, 9.17) is 16.3 Å². The molecule has 1 aliphatic carbocycles. The van der Waals surface area contributed by atoms with Crippen molar-refractivity contribution in [3.63, 3.8) is 0 Å². The van der Waals surface area contributed by atoms with Crippen molar-refractivity contribution in [1.82, 2.24) is 4.90 Å². The molecule has 3 atom stereocenters. The second-order valence-corrected chi connectivity index (χ2v) is 4.79. The quantitative estimate of drug-likeness (QED) is 0.695. The Kier molecular flexibility index (Phi) is 3.38. The molecule has 0 aromatic rings. The second-order valence-electron chi connectivity index (χ2n) is 4.52. The minimum absolute atomic E-state index is 0.0264. The van der Waals surface area contributed by atoms with E-state index in [2.05, 4.69) is 0 Å². The normalized spacial score (nSPS) is 32.6. The lowest BCUT2D eigenvalue weighted by Crippen LogP contribution is -2.43. The first-order chi connectivity index (χ1) is 7.69. The fourth-order valence-corrected chi connectivity index (χ4v) is 3.26. The number of Topliss-reactive ketones (excluding diaryl/α,β-unsaturated/α-hetero) is 1. The molecule has 3 unspecified atom stereocenters. The van der Waals surface area contributed by atoms with Gasteiger partial charge in [-0.05, 0) is 24.7 Å². The fourth-order valence-electron chi connectivity index (χ4n) is 3.10. The van der Waals surface area contributed by atoms with Crippen LogP contribution in [0.25, 0.3) is 0 Å². The Hall–Kier alpha value is -0.770. The van der Waals surface area contributed by atoms with Gasteiger partial charge in [-0.15, -0.1) is 11.6 Å². The SMILES string of the molecule is COC(=O)N1CC2CCCC2C1C(=O)CCl. The van der Waals surface area contributed by atoms with Crippen LogP contribution in [0.15, 0.2) is 0 Å². The smallest absolute Gasteiger partial charge is 0.410 e. The van der Waals surface area contributed by atoms with Crippen molar-refractivity contribution < 1.29 is 14.3 Å². The number of carbonyl (C=O) groups excluding carboxylic acids is 2.